The molecule has 2 aromatic carbocycles. The minimum absolute atomic E-state index is 0.225. The van der Waals surface area contributed by atoms with Crippen molar-refractivity contribution in [1.82, 2.24) is 0 Å². The molecule has 0 saturated carbocycles. The lowest BCUT2D eigenvalue weighted by molar-refractivity contribution is 0.319. The van der Waals surface area contributed by atoms with Crippen LogP contribution in [0.4, 0.5) is 5.69 Å². The van der Waals surface area contributed by atoms with Crippen LogP contribution in [0.2, 0.25) is 0 Å². The standard InChI is InChI=1S/C13H15NO4S/c14-11-5-6-12-10(9-11)3-1-4-13(12)18-7-2-8-19(15,16)17/h1,3-6,9H,2,7-8,14H2,(H,15,16,17). The predicted molar refractivity (Wildman–Crippen MR) is 74.9 cm³/mol. The maximum absolute atomic E-state index is 10.6. The minimum Gasteiger partial charge on any atom is -0.493 e. The van der Waals surface area contributed by atoms with E-state index >= 15 is 0 Å². The number of hydrogen-bond donors (Lipinski definition) is 2. The Hall–Kier alpha value is -1.79. The van der Waals surface area contributed by atoms with Crippen LogP contribution in [-0.2, 0) is 10.1 Å². The van der Waals surface area contributed by atoms with E-state index in [-0.39, 0.29) is 18.8 Å². The van der Waals surface area contributed by atoms with E-state index in [4.69, 9.17) is 15.0 Å². The van der Waals surface area contributed by atoms with E-state index in [0.29, 0.717) is 11.4 Å². The zero-order valence-electron chi connectivity index (χ0n) is 10.2. The smallest absolute Gasteiger partial charge is 0.264 e. The molecule has 0 heterocycles. The highest BCUT2D eigenvalue weighted by Gasteiger charge is 2.05. The van der Waals surface area contributed by atoms with Gasteiger partial charge in [-0.2, -0.15) is 8.42 Å². The van der Waals surface area contributed by atoms with Crippen molar-refractivity contribution in [2.75, 3.05) is 18.1 Å². The number of hydrogen-bond acceptors (Lipinski definition) is 4. The second-order valence-corrected chi connectivity index (χ2v) is 5.80. The van der Waals surface area contributed by atoms with Gasteiger partial charge >= 0.3 is 0 Å². The van der Waals surface area contributed by atoms with Crippen LogP contribution in [0.15, 0.2) is 36.4 Å². The average molecular weight is 281 g/mol. The molecule has 2 aromatic rings. The topological polar surface area (TPSA) is 89.6 Å². The lowest BCUT2D eigenvalue weighted by Crippen LogP contribution is -2.08. The van der Waals surface area contributed by atoms with Gasteiger partial charge in [-0.3, -0.25) is 4.55 Å². The monoisotopic (exact) mass is 281 g/mol. The van der Waals surface area contributed by atoms with Crippen LogP contribution in [0.5, 0.6) is 5.75 Å². The van der Waals surface area contributed by atoms with E-state index in [2.05, 4.69) is 0 Å². The highest BCUT2D eigenvalue weighted by molar-refractivity contribution is 7.85. The van der Waals surface area contributed by atoms with Gasteiger partial charge in [-0.05, 0) is 36.1 Å². The molecule has 0 fully saturated rings. The van der Waals surface area contributed by atoms with Crippen molar-refractivity contribution in [3.8, 4) is 5.75 Å². The Morgan fingerprint density at radius 1 is 1.21 bits per heavy atom. The first-order valence-electron chi connectivity index (χ1n) is 5.82. The van der Waals surface area contributed by atoms with Gasteiger partial charge in [-0.25, -0.2) is 0 Å². The van der Waals surface area contributed by atoms with Gasteiger partial charge in [0.25, 0.3) is 10.1 Å². The Labute approximate surface area is 111 Å². The zero-order valence-corrected chi connectivity index (χ0v) is 11.1. The first kappa shape index (κ1) is 13.6. The molecular formula is C13H15NO4S. The molecule has 19 heavy (non-hydrogen) atoms. The molecule has 0 aliphatic carbocycles. The van der Waals surface area contributed by atoms with Crippen LogP contribution in [0.1, 0.15) is 6.42 Å². The SMILES string of the molecule is Nc1ccc2c(OCCCS(=O)(=O)O)cccc2c1. The molecule has 102 valence electrons. The van der Waals surface area contributed by atoms with Gasteiger partial charge in [0.2, 0.25) is 0 Å². The minimum atomic E-state index is -3.92. The fraction of sp³-hybridized carbons (Fsp3) is 0.231. The summed E-state index contributed by atoms with van der Waals surface area (Å²) in [5, 5.41) is 1.89. The van der Waals surface area contributed by atoms with E-state index in [1.165, 1.54) is 0 Å². The third-order valence-corrected chi connectivity index (χ3v) is 3.47. The summed E-state index contributed by atoms with van der Waals surface area (Å²) in [6, 6.07) is 11.1. The summed E-state index contributed by atoms with van der Waals surface area (Å²) in [6.07, 6.45) is 0.240. The van der Waals surface area contributed by atoms with E-state index in [1.807, 2.05) is 30.3 Å². The summed E-state index contributed by atoms with van der Waals surface area (Å²) in [5.74, 6) is 0.373. The zero-order chi connectivity index (χ0) is 13.9. The summed E-state index contributed by atoms with van der Waals surface area (Å²) in [4.78, 5) is 0. The van der Waals surface area contributed by atoms with Crippen LogP contribution in [0, 0.1) is 0 Å². The van der Waals surface area contributed by atoms with E-state index < -0.39 is 10.1 Å². The van der Waals surface area contributed by atoms with Crippen molar-refractivity contribution in [3.63, 3.8) is 0 Å². The molecule has 0 unspecified atom stereocenters. The van der Waals surface area contributed by atoms with Crippen molar-refractivity contribution in [3.05, 3.63) is 36.4 Å². The quantitative estimate of drug-likeness (QED) is 0.497. The first-order chi connectivity index (χ1) is 8.96. The molecule has 6 heteroatoms. The summed E-state index contributed by atoms with van der Waals surface area (Å²) in [7, 11) is -3.92. The van der Waals surface area contributed by atoms with E-state index in [0.717, 1.165) is 10.8 Å². The second kappa shape index (κ2) is 5.46. The van der Waals surface area contributed by atoms with E-state index in [1.54, 1.807) is 6.07 Å². The third kappa shape index (κ3) is 3.84. The number of fused-ring (bicyclic) bond motifs is 1. The predicted octanol–water partition coefficient (Wildman–Crippen LogP) is 2.08. The highest BCUT2D eigenvalue weighted by Crippen LogP contribution is 2.27. The Balaban J connectivity index is 2.09. The molecule has 0 atom stereocenters. The molecule has 0 amide bonds. The van der Waals surface area contributed by atoms with Gasteiger partial charge in [0.1, 0.15) is 5.75 Å². The highest BCUT2D eigenvalue weighted by atomic mass is 32.2. The Kier molecular flexibility index (Phi) is 3.92. The normalized spacial score (nSPS) is 11.6. The molecule has 0 aromatic heterocycles. The molecular weight excluding hydrogens is 266 g/mol. The summed E-state index contributed by atoms with van der Waals surface area (Å²) in [5.41, 5.74) is 6.39. The summed E-state index contributed by atoms with van der Waals surface area (Å²) < 4.78 is 35.3. The Morgan fingerprint density at radius 3 is 2.74 bits per heavy atom. The number of nitrogen functional groups attached to an aromatic ring is 1. The van der Waals surface area contributed by atoms with Gasteiger partial charge in [-0.1, -0.05) is 12.1 Å². The molecule has 0 saturated heterocycles. The fourth-order valence-electron chi connectivity index (χ4n) is 1.82. The molecule has 0 bridgehead atoms. The molecule has 0 spiro atoms. The number of anilines is 1. The van der Waals surface area contributed by atoms with Crippen LogP contribution >= 0.6 is 0 Å². The van der Waals surface area contributed by atoms with Gasteiger partial charge in [0, 0.05) is 11.1 Å². The van der Waals surface area contributed by atoms with Crippen molar-refractivity contribution >= 4 is 26.6 Å². The van der Waals surface area contributed by atoms with Crippen molar-refractivity contribution in [1.29, 1.82) is 0 Å². The van der Waals surface area contributed by atoms with Crippen molar-refractivity contribution < 1.29 is 17.7 Å². The maximum Gasteiger partial charge on any atom is 0.264 e. The number of nitrogens with two attached hydrogens (primary N) is 1. The lowest BCUT2D eigenvalue weighted by atomic mass is 10.1. The summed E-state index contributed by atoms with van der Waals surface area (Å²) in [6.45, 7) is 0.225. The Bertz CT molecular complexity index is 682. The first-order valence-corrected chi connectivity index (χ1v) is 7.43. The Morgan fingerprint density at radius 2 is 2.00 bits per heavy atom. The van der Waals surface area contributed by atoms with Gasteiger partial charge < -0.3 is 10.5 Å². The van der Waals surface area contributed by atoms with Crippen molar-refractivity contribution in [2.24, 2.45) is 0 Å². The lowest BCUT2D eigenvalue weighted by Gasteiger charge is -2.09. The van der Waals surface area contributed by atoms with Crippen LogP contribution in [0.3, 0.4) is 0 Å². The average Bonchev–Trinajstić information content (AvgIpc) is 2.33. The largest absolute Gasteiger partial charge is 0.493 e. The third-order valence-electron chi connectivity index (χ3n) is 2.67. The number of rotatable bonds is 5. The number of ether oxygens (including phenoxy) is 1. The molecule has 0 aliphatic rings. The van der Waals surface area contributed by atoms with Crippen LogP contribution in [0.25, 0.3) is 10.8 Å². The molecule has 2 rings (SSSR count). The fourth-order valence-corrected chi connectivity index (χ4v) is 2.30. The van der Waals surface area contributed by atoms with E-state index in [9.17, 15) is 8.42 Å². The van der Waals surface area contributed by atoms with Crippen LogP contribution < -0.4 is 10.5 Å². The van der Waals surface area contributed by atoms with Gasteiger partial charge in [0.15, 0.2) is 0 Å². The summed E-state index contributed by atoms with van der Waals surface area (Å²) >= 11 is 0. The van der Waals surface area contributed by atoms with Crippen LogP contribution in [-0.4, -0.2) is 25.3 Å². The van der Waals surface area contributed by atoms with Gasteiger partial charge in [-0.15, -0.1) is 0 Å². The molecule has 0 radical (unpaired) electrons. The van der Waals surface area contributed by atoms with Crippen molar-refractivity contribution in [2.45, 2.75) is 6.42 Å². The maximum atomic E-state index is 10.6. The molecule has 0 aliphatic heterocycles. The number of benzene rings is 2. The molecule has 3 N–H and O–H groups in total. The second-order valence-electron chi connectivity index (χ2n) is 4.22. The molecule has 5 nitrogen and oxygen atoms in total. The van der Waals surface area contributed by atoms with Gasteiger partial charge in [0.05, 0.1) is 12.4 Å².